The molecule has 0 aliphatic carbocycles. The number of nitro groups is 1. The van der Waals surface area contributed by atoms with Crippen LogP contribution in [-0.4, -0.2) is 14.9 Å². The number of ether oxygens (including phenoxy) is 1. The van der Waals surface area contributed by atoms with E-state index in [2.05, 4.69) is 41.8 Å². The van der Waals surface area contributed by atoms with Gasteiger partial charge in [0.2, 0.25) is 5.88 Å². The molecule has 0 bridgehead atoms. The van der Waals surface area contributed by atoms with E-state index in [4.69, 9.17) is 10.5 Å². The molecule has 1 heterocycles. The van der Waals surface area contributed by atoms with Crippen molar-refractivity contribution in [3.63, 3.8) is 0 Å². The van der Waals surface area contributed by atoms with E-state index >= 15 is 0 Å². The van der Waals surface area contributed by atoms with Crippen LogP contribution in [0.3, 0.4) is 0 Å². The van der Waals surface area contributed by atoms with Crippen LogP contribution < -0.4 is 10.5 Å². The highest BCUT2D eigenvalue weighted by molar-refractivity contribution is 9.11. The summed E-state index contributed by atoms with van der Waals surface area (Å²) >= 11 is 6.31. The van der Waals surface area contributed by atoms with Crippen LogP contribution in [0, 0.1) is 10.1 Å². The number of nitrogen functional groups attached to an aromatic ring is 1. The van der Waals surface area contributed by atoms with Gasteiger partial charge in [-0.1, -0.05) is 6.07 Å². The lowest BCUT2D eigenvalue weighted by Gasteiger charge is -2.08. The number of rotatable bonds is 3. The molecule has 0 aliphatic heterocycles. The number of halogens is 2. The Morgan fingerprint density at radius 3 is 2.68 bits per heavy atom. The van der Waals surface area contributed by atoms with Crippen molar-refractivity contribution in [2.45, 2.75) is 0 Å². The molecule has 0 spiro atoms. The minimum atomic E-state index is -0.514. The molecule has 0 fully saturated rings. The molecule has 0 aliphatic rings. The largest absolute Gasteiger partial charge is 0.436 e. The molecular weight excluding hydrogens is 384 g/mol. The lowest BCUT2D eigenvalue weighted by atomic mass is 10.3. The maximum atomic E-state index is 10.8. The van der Waals surface area contributed by atoms with Gasteiger partial charge in [0.1, 0.15) is 21.1 Å². The molecular formula is C10H6Br2N4O3. The number of hydrogen-bond donors (Lipinski definition) is 1. The van der Waals surface area contributed by atoms with Gasteiger partial charge in [0, 0.05) is 6.07 Å². The summed E-state index contributed by atoms with van der Waals surface area (Å²) in [5.74, 6) is 0.647. The highest BCUT2D eigenvalue weighted by Crippen LogP contribution is 2.38. The molecule has 0 saturated carbocycles. The fourth-order valence-corrected chi connectivity index (χ4v) is 2.04. The van der Waals surface area contributed by atoms with Crippen LogP contribution in [0.4, 0.5) is 11.5 Å². The van der Waals surface area contributed by atoms with Crippen LogP contribution in [0.15, 0.2) is 33.5 Å². The van der Waals surface area contributed by atoms with Crippen molar-refractivity contribution in [1.29, 1.82) is 0 Å². The third-order valence-corrected chi connectivity index (χ3v) is 3.67. The van der Waals surface area contributed by atoms with Gasteiger partial charge >= 0.3 is 0 Å². The normalized spacial score (nSPS) is 10.2. The lowest BCUT2D eigenvalue weighted by Crippen LogP contribution is -1.98. The van der Waals surface area contributed by atoms with Crippen molar-refractivity contribution in [2.24, 2.45) is 0 Å². The SMILES string of the molecule is Nc1ncnc(Oc2cccc([N+](=O)[O-])c2Br)c1Br. The van der Waals surface area contributed by atoms with Crippen molar-refractivity contribution < 1.29 is 9.66 Å². The summed E-state index contributed by atoms with van der Waals surface area (Å²) in [6.07, 6.45) is 1.24. The van der Waals surface area contributed by atoms with Gasteiger partial charge in [-0.05, 0) is 37.9 Å². The minimum Gasteiger partial charge on any atom is -0.436 e. The molecule has 7 nitrogen and oxygen atoms in total. The van der Waals surface area contributed by atoms with Crippen molar-refractivity contribution >= 4 is 43.4 Å². The van der Waals surface area contributed by atoms with Gasteiger partial charge in [-0.25, -0.2) is 9.97 Å². The number of benzene rings is 1. The van der Waals surface area contributed by atoms with E-state index < -0.39 is 4.92 Å². The molecule has 0 amide bonds. The molecule has 2 N–H and O–H groups in total. The van der Waals surface area contributed by atoms with Crippen LogP contribution >= 0.6 is 31.9 Å². The summed E-state index contributed by atoms with van der Waals surface area (Å²) in [4.78, 5) is 18.0. The first kappa shape index (κ1) is 13.7. The Morgan fingerprint density at radius 1 is 1.26 bits per heavy atom. The first-order valence-electron chi connectivity index (χ1n) is 4.87. The Hall–Kier alpha value is -1.74. The summed E-state index contributed by atoms with van der Waals surface area (Å²) in [6.45, 7) is 0. The van der Waals surface area contributed by atoms with Crippen LogP contribution in [0.25, 0.3) is 0 Å². The van der Waals surface area contributed by atoms with E-state index in [9.17, 15) is 10.1 Å². The molecule has 0 radical (unpaired) electrons. The quantitative estimate of drug-likeness (QED) is 0.637. The number of nitrogens with two attached hydrogens (primary N) is 1. The Bertz CT molecular complexity index is 651. The number of hydrogen-bond acceptors (Lipinski definition) is 6. The van der Waals surface area contributed by atoms with Gasteiger partial charge in [0.25, 0.3) is 5.69 Å². The number of aromatic nitrogens is 2. The topological polar surface area (TPSA) is 104 Å². The smallest absolute Gasteiger partial charge is 0.287 e. The van der Waals surface area contributed by atoms with Gasteiger partial charge in [-0.2, -0.15) is 0 Å². The number of nitrogens with zero attached hydrogens (tertiary/aromatic N) is 3. The van der Waals surface area contributed by atoms with E-state index in [0.717, 1.165) is 0 Å². The second-order valence-electron chi connectivity index (χ2n) is 3.33. The molecule has 2 rings (SSSR count). The van der Waals surface area contributed by atoms with Gasteiger partial charge in [0.15, 0.2) is 5.75 Å². The Morgan fingerprint density at radius 2 is 2.00 bits per heavy atom. The van der Waals surface area contributed by atoms with Gasteiger partial charge in [0.05, 0.1) is 4.92 Å². The molecule has 0 atom stereocenters. The Balaban J connectivity index is 2.42. The highest BCUT2D eigenvalue weighted by atomic mass is 79.9. The van der Waals surface area contributed by atoms with Crippen LogP contribution in [0.5, 0.6) is 11.6 Å². The third kappa shape index (κ3) is 2.82. The van der Waals surface area contributed by atoms with Crippen molar-refractivity contribution in [3.05, 3.63) is 43.6 Å². The fraction of sp³-hybridized carbons (Fsp3) is 0. The highest BCUT2D eigenvalue weighted by Gasteiger charge is 2.18. The maximum Gasteiger partial charge on any atom is 0.287 e. The second kappa shape index (κ2) is 5.49. The van der Waals surface area contributed by atoms with Gasteiger partial charge in [-0.15, -0.1) is 0 Å². The Kier molecular flexibility index (Phi) is 3.96. The van der Waals surface area contributed by atoms with Crippen LogP contribution in [0.2, 0.25) is 0 Å². The first-order chi connectivity index (χ1) is 9.00. The van der Waals surface area contributed by atoms with Gasteiger partial charge < -0.3 is 10.5 Å². The summed E-state index contributed by atoms with van der Waals surface area (Å²) in [7, 11) is 0. The van der Waals surface area contributed by atoms with Crippen molar-refractivity contribution in [2.75, 3.05) is 5.73 Å². The minimum absolute atomic E-state index is 0.101. The zero-order valence-corrected chi connectivity index (χ0v) is 12.4. The van der Waals surface area contributed by atoms with Crippen molar-refractivity contribution in [3.8, 4) is 11.6 Å². The van der Waals surface area contributed by atoms with Crippen molar-refractivity contribution in [1.82, 2.24) is 9.97 Å². The predicted octanol–water partition coefficient (Wildman–Crippen LogP) is 3.28. The average molecular weight is 390 g/mol. The number of nitro benzene ring substituents is 1. The summed E-state index contributed by atoms with van der Waals surface area (Å²) in [6, 6.07) is 4.44. The van der Waals surface area contributed by atoms with E-state index in [1.165, 1.54) is 18.5 Å². The maximum absolute atomic E-state index is 10.8. The van der Waals surface area contributed by atoms with E-state index in [-0.39, 0.29) is 27.6 Å². The Labute approximate surface area is 124 Å². The molecule has 0 unspecified atom stereocenters. The standard InChI is InChI=1S/C10H6Br2N4O3/c11-7-5(16(17)18)2-1-3-6(7)19-10-8(12)9(13)14-4-15-10/h1-4H,(H2,13,14,15). The molecule has 2 aromatic rings. The predicted molar refractivity (Wildman–Crippen MR) is 75.0 cm³/mol. The average Bonchev–Trinajstić information content (AvgIpc) is 2.37. The monoisotopic (exact) mass is 388 g/mol. The zero-order chi connectivity index (χ0) is 14.0. The molecule has 19 heavy (non-hydrogen) atoms. The molecule has 1 aromatic carbocycles. The first-order valence-corrected chi connectivity index (χ1v) is 6.46. The molecule has 0 saturated heterocycles. The summed E-state index contributed by atoms with van der Waals surface area (Å²) < 4.78 is 6.09. The van der Waals surface area contributed by atoms with E-state index in [0.29, 0.717) is 4.47 Å². The van der Waals surface area contributed by atoms with Crippen LogP contribution in [0.1, 0.15) is 0 Å². The molecule has 9 heteroatoms. The van der Waals surface area contributed by atoms with E-state index in [1.54, 1.807) is 6.07 Å². The van der Waals surface area contributed by atoms with E-state index in [1.807, 2.05) is 0 Å². The molecule has 1 aromatic heterocycles. The third-order valence-electron chi connectivity index (χ3n) is 2.13. The second-order valence-corrected chi connectivity index (χ2v) is 4.91. The lowest BCUT2D eigenvalue weighted by molar-refractivity contribution is -0.385. The molecule has 98 valence electrons. The summed E-state index contributed by atoms with van der Waals surface area (Å²) in [5.41, 5.74) is 5.49. The number of anilines is 1. The van der Waals surface area contributed by atoms with Crippen LogP contribution in [-0.2, 0) is 0 Å². The zero-order valence-electron chi connectivity index (χ0n) is 9.21. The van der Waals surface area contributed by atoms with Gasteiger partial charge in [-0.3, -0.25) is 10.1 Å². The fourth-order valence-electron chi connectivity index (χ4n) is 1.26. The summed E-state index contributed by atoms with van der Waals surface area (Å²) in [5, 5.41) is 10.8.